The summed E-state index contributed by atoms with van der Waals surface area (Å²) in [6.45, 7) is 4.62. The Hall–Kier alpha value is -8.48. The van der Waals surface area contributed by atoms with Gasteiger partial charge in [0.25, 0.3) is 0 Å². The number of nitrogens with one attached hydrogen (secondary N) is 4. The number of carboxylic acids is 2. The molecule has 0 bridgehead atoms. The number of aromatic amines is 1. The van der Waals surface area contributed by atoms with Crippen LogP contribution in [-0.4, -0.2) is 125 Å². The summed E-state index contributed by atoms with van der Waals surface area (Å²) in [6.07, 6.45) is -9.26. The maximum absolute atomic E-state index is 13.2. The second-order valence-electron chi connectivity index (χ2n) is 18.4. The number of anilines is 2. The van der Waals surface area contributed by atoms with Crippen LogP contribution >= 0.6 is 0 Å². The van der Waals surface area contributed by atoms with Crippen molar-refractivity contribution in [3.8, 4) is 22.6 Å². The molecule has 7 rings (SSSR count). The molecule has 3 amide bonds. The van der Waals surface area contributed by atoms with Gasteiger partial charge in [-0.15, -0.1) is 0 Å². The lowest BCUT2D eigenvalue weighted by atomic mass is 10.00. The third-order valence-corrected chi connectivity index (χ3v) is 12.5. The number of hydrogen-bond acceptors (Lipinski definition) is 12. The molecule has 2 heterocycles. The van der Waals surface area contributed by atoms with Gasteiger partial charge < -0.3 is 55.3 Å². The number of ether oxygens (including phenoxy) is 2. The number of methoxy groups -OCH3 is 1. The number of amides is 3. The molecule has 1 saturated heterocycles. The van der Waals surface area contributed by atoms with E-state index in [2.05, 4.69) is 25.8 Å². The highest BCUT2D eigenvalue weighted by Crippen LogP contribution is 2.30. The monoisotopic (exact) mass is 1120 g/mol. The lowest BCUT2D eigenvalue weighted by molar-refractivity contribution is -0.193. The average molecular weight is 1120 g/mol. The number of nitrogens with zero attached hydrogens (tertiary/aromatic N) is 2. The van der Waals surface area contributed by atoms with Gasteiger partial charge in [0.15, 0.2) is 0 Å². The van der Waals surface area contributed by atoms with E-state index < -0.39 is 36.5 Å². The molecule has 1 aliphatic rings. The molecule has 8 N–H and O–H groups in total. The number of pyridine rings is 1. The van der Waals surface area contributed by atoms with Gasteiger partial charge in [-0.05, 0) is 90.4 Å². The molecule has 18 nitrogen and oxygen atoms in total. The fourth-order valence-electron chi connectivity index (χ4n) is 8.33. The van der Waals surface area contributed by atoms with Gasteiger partial charge in [0.2, 0.25) is 17.4 Å². The summed E-state index contributed by atoms with van der Waals surface area (Å²) >= 11 is 0. The minimum atomic E-state index is -5.08. The molecule has 6 aromatic rings. The van der Waals surface area contributed by atoms with Crippen molar-refractivity contribution in [1.82, 2.24) is 20.5 Å². The molecule has 428 valence electrons. The zero-order valence-electron chi connectivity index (χ0n) is 43.6. The van der Waals surface area contributed by atoms with Crippen LogP contribution in [0, 0.1) is 0 Å². The van der Waals surface area contributed by atoms with E-state index in [0.29, 0.717) is 61.2 Å². The molecular weight excluding hydrogens is 1060 g/mol. The number of aromatic hydroxyl groups is 1. The fourth-order valence-corrected chi connectivity index (χ4v) is 8.33. The largest absolute Gasteiger partial charge is 0.506 e. The van der Waals surface area contributed by atoms with Crippen LogP contribution in [0.25, 0.3) is 22.0 Å². The number of aliphatic carboxylic acids is 2. The summed E-state index contributed by atoms with van der Waals surface area (Å²) in [5.41, 5.74) is 6.56. The zero-order chi connectivity index (χ0) is 58.7. The normalized spacial score (nSPS) is 13.5. The van der Waals surface area contributed by atoms with Gasteiger partial charge in [0.05, 0.1) is 30.8 Å². The number of fused-ring (bicyclic) bond motifs is 1. The zero-order valence-corrected chi connectivity index (χ0v) is 43.6. The number of carbonyl (C=O) groups is 5. The number of alkyl halides is 6. The number of phenolic OH excluding ortho intramolecular Hbond substituents is 1. The van der Waals surface area contributed by atoms with Crippen LogP contribution in [0.4, 0.5) is 42.5 Å². The maximum atomic E-state index is 13.2. The molecule has 2 atom stereocenters. The van der Waals surface area contributed by atoms with Gasteiger partial charge in [-0.2, -0.15) is 26.3 Å². The number of aliphatic hydroxyl groups is 1. The summed E-state index contributed by atoms with van der Waals surface area (Å²) < 4.78 is 74.9. The first kappa shape index (κ1) is 62.4. The molecule has 0 unspecified atom stereocenters. The van der Waals surface area contributed by atoms with E-state index in [1.54, 1.807) is 31.2 Å². The van der Waals surface area contributed by atoms with Gasteiger partial charge in [0.1, 0.15) is 17.6 Å². The third-order valence-electron chi connectivity index (χ3n) is 12.5. The van der Waals surface area contributed by atoms with Gasteiger partial charge in [-0.25, -0.2) is 14.4 Å². The maximum Gasteiger partial charge on any atom is 0.490 e. The second kappa shape index (κ2) is 28.9. The van der Waals surface area contributed by atoms with Crippen molar-refractivity contribution in [3.05, 3.63) is 154 Å². The van der Waals surface area contributed by atoms with E-state index in [1.165, 1.54) is 12.1 Å². The van der Waals surface area contributed by atoms with Crippen LogP contribution in [0.3, 0.4) is 0 Å². The average Bonchev–Trinajstić information content (AvgIpc) is 3.49. The molecule has 0 spiro atoms. The smallest absolute Gasteiger partial charge is 0.490 e. The van der Waals surface area contributed by atoms with E-state index in [4.69, 9.17) is 29.3 Å². The van der Waals surface area contributed by atoms with Crippen LogP contribution < -0.4 is 31.1 Å². The van der Waals surface area contributed by atoms with Crippen LogP contribution in [0.1, 0.15) is 54.5 Å². The number of likely N-dealkylation sites (tertiary alicyclic amines) is 1. The highest BCUT2D eigenvalue weighted by molar-refractivity contribution is 5.93. The van der Waals surface area contributed by atoms with Crippen LogP contribution in [0.5, 0.6) is 11.5 Å². The van der Waals surface area contributed by atoms with Crippen LogP contribution in [-0.2, 0) is 43.3 Å². The number of phenols is 1. The standard InChI is InChI=1S/C52H58N6O8.2C2HF3O2/c1-34(53-33-46(60)42-18-20-45(59)51-43(42)19-22-48(61)56-51)29-38-30-36(15-21-47(38)65-3)31-49(62)54-32-35-13-16-39(17-14-35)57(2)50(63)25-28-58-26-23-40(24-27-58)66-52(64)55-44-12-8-7-11-41(44)37-9-5-4-6-10-37;2*3-2(4,5)1(6)7/h4-22,30,34,40,46,53,59-60H,23-29,31-33H2,1-3H3,(H,54,62)(H,55,64)(H,56,61);2*(H,6,7)/t34-,46+;;/m1../s1. The van der Waals surface area contributed by atoms with Gasteiger partial charge >= 0.3 is 30.4 Å². The summed E-state index contributed by atoms with van der Waals surface area (Å²) in [5, 5.41) is 45.3. The summed E-state index contributed by atoms with van der Waals surface area (Å²) in [7, 11) is 3.37. The van der Waals surface area contributed by atoms with Crippen LogP contribution in [0.15, 0.2) is 126 Å². The van der Waals surface area contributed by atoms with E-state index in [1.807, 2.05) is 104 Å². The quantitative estimate of drug-likeness (QED) is 0.0376. The summed E-state index contributed by atoms with van der Waals surface area (Å²) in [5.74, 6) is -5.03. The predicted molar refractivity (Wildman–Crippen MR) is 284 cm³/mol. The van der Waals surface area contributed by atoms with Gasteiger partial charge in [-0.1, -0.05) is 78.9 Å². The first-order chi connectivity index (χ1) is 37.8. The first-order valence-electron chi connectivity index (χ1n) is 24.8. The lowest BCUT2D eigenvalue weighted by Crippen LogP contribution is -2.40. The Morgan fingerprint density at radius 1 is 0.812 bits per heavy atom. The predicted octanol–water partition coefficient (Wildman–Crippen LogP) is 8.36. The van der Waals surface area contributed by atoms with Crippen molar-refractivity contribution in [2.45, 2.75) is 76.2 Å². The van der Waals surface area contributed by atoms with E-state index in [0.717, 1.165) is 46.6 Å². The highest BCUT2D eigenvalue weighted by atomic mass is 19.4. The Balaban J connectivity index is 0.000000743. The molecular formula is C56H60F6N6O12. The second-order valence-corrected chi connectivity index (χ2v) is 18.4. The highest BCUT2D eigenvalue weighted by Gasteiger charge is 2.39. The number of benzene rings is 5. The molecule has 1 aliphatic heterocycles. The van der Waals surface area contributed by atoms with Crippen molar-refractivity contribution >= 4 is 52.1 Å². The number of carboxylic acid groups (broad SMARTS) is 2. The van der Waals surface area contributed by atoms with E-state index >= 15 is 0 Å². The van der Waals surface area contributed by atoms with Crippen molar-refractivity contribution in [1.29, 1.82) is 0 Å². The number of H-pyrrole nitrogens is 1. The Morgan fingerprint density at radius 3 is 2.05 bits per heavy atom. The third kappa shape index (κ3) is 19.2. The number of halogens is 6. The van der Waals surface area contributed by atoms with Crippen molar-refractivity contribution in [2.75, 3.05) is 50.6 Å². The van der Waals surface area contributed by atoms with Gasteiger partial charge in [-0.3, -0.25) is 19.7 Å². The molecule has 24 heteroatoms. The topological polar surface area (TPSA) is 260 Å². The Morgan fingerprint density at radius 2 is 1.43 bits per heavy atom. The molecule has 5 aromatic carbocycles. The molecule has 1 fully saturated rings. The van der Waals surface area contributed by atoms with E-state index in [-0.39, 0.29) is 53.8 Å². The van der Waals surface area contributed by atoms with Crippen LogP contribution in [0.2, 0.25) is 0 Å². The number of carbonyl (C=O) groups excluding carboxylic acids is 3. The Kier molecular flexibility index (Phi) is 22.6. The number of rotatable bonds is 18. The fraction of sp³-hybridized carbons (Fsp3) is 0.321. The lowest BCUT2D eigenvalue weighted by Gasteiger charge is -2.31. The molecule has 1 aromatic heterocycles. The summed E-state index contributed by atoms with van der Waals surface area (Å²) in [4.78, 5) is 75.2. The number of hydrogen-bond donors (Lipinski definition) is 8. The molecule has 0 aliphatic carbocycles. The van der Waals surface area contributed by atoms with Crippen molar-refractivity contribution in [2.24, 2.45) is 0 Å². The summed E-state index contributed by atoms with van der Waals surface area (Å²) in [6, 6.07) is 36.8. The van der Waals surface area contributed by atoms with Gasteiger partial charge in [0, 0.05) is 74.9 Å². The number of aliphatic hydroxyl groups excluding tert-OH is 1. The van der Waals surface area contributed by atoms with Crippen molar-refractivity contribution in [3.63, 3.8) is 0 Å². The Labute approximate surface area is 454 Å². The minimum absolute atomic E-state index is 0.00473. The Bertz CT molecular complexity index is 3090. The number of aromatic nitrogens is 1. The minimum Gasteiger partial charge on any atom is -0.506 e. The first-order valence-corrected chi connectivity index (χ1v) is 24.8. The SMILES string of the molecule is COc1ccc(CC(=O)NCc2ccc(N(C)C(=O)CCN3CCC(OC(=O)Nc4ccccc4-c4ccccc4)CC3)cc2)cc1C[C@@H](C)NC[C@H](O)c1ccc(O)c2[nH]c(=O)ccc12.O=C(O)C(F)(F)F.O=C(O)C(F)(F)F. The van der Waals surface area contributed by atoms with Crippen molar-refractivity contribution < 1.29 is 80.2 Å². The molecule has 80 heavy (non-hydrogen) atoms. The number of piperidine rings is 1. The molecule has 0 saturated carbocycles. The number of para-hydroxylation sites is 1. The van der Waals surface area contributed by atoms with E-state index in [9.17, 15) is 55.7 Å². The molecule has 0 radical (unpaired) electrons.